The summed E-state index contributed by atoms with van der Waals surface area (Å²) in [6.07, 6.45) is 0.955. The van der Waals surface area contributed by atoms with Crippen LogP contribution in [-0.2, 0) is 20.7 Å². The summed E-state index contributed by atoms with van der Waals surface area (Å²) in [4.78, 5) is 41.0. The van der Waals surface area contributed by atoms with Crippen molar-refractivity contribution in [2.45, 2.75) is 71.6 Å². The van der Waals surface area contributed by atoms with Gasteiger partial charge in [0.15, 0.2) is 0 Å². The number of phenolic OH excluding ortho intramolecular Hbond substituents is 2. The number of rotatable bonds is 10. The molecule has 9 heteroatoms. The van der Waals surface area contributed by atoms with Crippen molar-refractivity contribution in [3.8, 4) is 11.5 Å². The van der Waals surface area contributed by atoms with Gasteiger partial charge in [-0.3, -0.25) is 9.59 Å². The molecule has 2 unspecified atom stereocenters. The lowest BCUT2D eigenvalue weighted by Gasteiger charge is -2.32. The fourth-order valence-electron chi connectivity index (χ4n) is 3.80. The molecule has 0 spiro atoms. The largest absolute Gasteiger partial charge is 0.508 e. The summed E-state index contributed by atoms with van der Waals surface area (Å²) in [5, 5.41) is 25.9. The van der Waals surface area contributed by atoms with Gasteiger partial charge in [0.25, 0.3) is 0 Å². The summed E-state index contributed by atoms with van der Waals surface area (Å²) in [5.41, 5.74) is 0.752. The van der Waals surface area contributed by atoms with Gasteiger partial charge in [-0.2, -0.15) is 0 Å². The first-order valence-corrected chi connectivity index (χ1v) is 12.4. The highest BCUT2D eigenvalue weighted by Crippen LogP contribution is 2.31. The first-order chi connectivity index (χ1) is 17.3. The summed E-state index contributed by atoms with van der Waals surface area (Å²) in [6.45, 7) is 9.28. The topological polar surface area (TPSA) is 128 Å². The molecule has 0 radical (unpaired) electrons. The molecule has 9 nitrogen and oxygen atoms in total. The first-order valence-electron chi connectivity index (χ1n) is 12.4. The molecule has 0 aromatic heterocycles. The van der Waals surface area contributed by atoms with E-state index in [2.05, 4.69) is 10.6 Å². The number of aromatic hydroxyl groups is 2. The standard InChI is InChI=1S/C28H39N3O6/c1-7-8-16-29-25(34)23(21-11-9-10-18(2)24(21)33)31(6)26(35)22(30-27(36)37-28(3,4)5)17-19-12-14-20(32)15-13-19/h9-15,22-23,32-33H,7-8,16-17H2,1-6H3,(H,29,34)(H,30,36). The van der Waals surface area contributed by atoms with E-state index in [1.807, 2.05) is 6.92 Å². The molecule has 0 fully saturated rings. The Labute approximate surface area is 218 Å². The van der Waals surface area contributed by atoms with Crippen LogP contribution in [0.5, 0.6) is 11.5 Å². The Balaban J connectivity index is 2.43. The quantitative estimate of drug-likeness (QED) is 0.356. The van der Waals surface area contributed by atoms with Crippen LogP contribution in [0.25, 0.3) is 0 Å². The maximum Gasteiger partial charge on any atom is 0.408 e. The maximum absolute atomic E-state index is 13.8. The van der Waals surface area contributed by atoms with Crippen molar-refractivity contribution in [1.29, 1.82) is 0 Å². The predicted octanol–water partition coefficient (Wildman–Crippen LogP) is 3.96. The number of aryl methyl sites for hydroxylation is 1. The molecule has 0 aliphatic carbocycles. The van der Waals surface area contributed by atoms with Crippen molar-refractivity contribution >= 4 is 17.9 Å². The second-order valence-corrected chi connectivity index (χ2v) is 10.1. The minimum absolute atomic E-state index is 0.0718. The number of likely N-dealkylation sites (N-methyl/N-ethyl adjacent to an activating group) is 1. The summed E-state index contributed by atoms with van der Waals surface area (Å²) >= 11 is 0. The van der Waals surface area contributed by atoms with Crippen LogP contribution >= 0.6 is 0 Å². The normalized spacial score (nSPS) is 12.8. The van der Waals surface area contributed by atoms with E-state index in [0.717, 1.165) is 12.8 Å². The van der Waals surface area contributed by atoms with Crippen LogP contribution in [0, 0.1) is 6.92 Å². The van der Waals surface area contributed by atoms with E-state index in [0.29, 0.717) is 17.7 Å². The van der Waals surface area contributed by atoms with Gasteiger partial charge in [-0.1, -0.05) is 43.7 Å². The highest BCUT2D eigenvalue weighted by atomic mass is 16.6. The summed E-state index contributed by atoms with van der Waals surface area (Å²) in [6, 6.07) is 9.08. The number of carbonyl (C=O) groups is 3. The van der Waals surface area contributed by atoms with Gasteiger partial charge in [-0.15, -0.1) is 0 Å². The van der Waals surface area contributed by atoms with Gasteiger partial charge in [0.05, 0.1) is 0 Å². The molecular weight excluding hydrogens is 474 g/mol. The third-order valence-corrected chi connectivity index (χ3v) is 5.74. The molecule has 0 aliphatic rings. The summed E-state index contributed by atoms with van der Waals surface area (Å²) < 4.78 is 5.37. The zero-order valence-corrected chi connectivity index (χ0v) is 22.5. The number of carbonyl (C=O) groups excluding carboxylic acids is 3. The number of ether oxygens (including phenoxy) is 1. The molecule has 2 rings (SSSR count). The number of benzene rings is 2. The Morgan fingerprint density at radius 1 is 1.05 bits per heavy atom. The summed E-state index contributed by atoms with van der Waals surface area (Å²) in [5.74, 6) is -0.989. The predicted molar refractivity (Wildman–Crippen MR) is 141 cm³/mol. The van der Waals surface area contributed by atoms with Gasteiger partial charge < -0.3 is 30.5 Å². The van der Waals surface area contributed by atoms with Crippen molar-refractivity contribution in [3.63, 3.8) is 0 Å². The van der Waals surface area contributed by atoms with Crippen LogP contribution in [0.3, 0.4) is 0 Å². The van der Waals surface area contributed by atoms with Gasteiger partial charge >= 0.3 is 6.09 Å². The van der Waals surface area contributed by atoms with Crippen LogP contribution in [0.15, 0.2) is 42.5 Å². The molecule has 0 heterocycles. The zero-order chi connectivity index (χ0) is 27.8. The lowest BCUT2D eigenvalue weighted by Crippen LogP contribution is -2.52. The van der Waals surface area contributed by atoms with Crippen molar-refractivity contribution in [1.82, 2.24) is 15.5 Å². The van der Waals surface area contributed by atoms with Gasteiger partial charge in [0.1, 0.15) is 29.2 Å². The number of para-hydroxylation sites is 1. The second kappa shape index (κ2) is 13.0. The maximum atomic E-state index is 13.8. The molecule has 0 saturated carbocycles. The monoisotopic (exact) mass is 513 g/mol. The molecule has 37 heavy (non-hydrogen) atoms. The van der Waals surface area contributed by atoms with E-state index in [4.69, 9.17) is 4.74 Å². The number of unbranched alkanes of at least 4 members (excludes halogenated alkanes) is 1. The molecule has 0 saturated heterocycles. The van der Waals surface area contributed by atoms with Gasteiger partial charge in [0.2, 0.25) is 11.8 Å². The van der Waals surface area contributed by atoms with Crippen LogP contribution in [0.2, 0.25) is 0 Å². The van der Waals surface area contributed by atoms with Crippen LogP contribution in [0.1, 0.15) is 63.3 Å². The third kappa shape index (κ3) is 8.70. The summed E-state index contributed by atoms with van der Waals surface area (Å²) in [7, 11) is 1.47. The molecule has 2 aromatic carbocycles. The first kappa shape index (κ1) is 29.5. The Morgan fingerprint density at radius 3 is 2.30 bits per heavy atom. The minimum Gasteiger partial charge on any atom is -0.508 e. The number of hydrogen-bond acceptors (Lipinski definition) is 6. The Bertz CT molecular complexity index is 1080. The van der Waals surface area contributed by atoms with Crippen molar-refractivity contribution < 1.29 is 29.3 Å². The van der Waals surface area contributed by atoms with Crippen molar-refractivity contribution in [3.05, 3.63) is 59.2 Å². The molecule has 4 N–H and O–H groups in total. The molecule has 3 amide bonds. The fraction of sp³-hybridized carbons (Fsp3) is 0.464. The SMILES string of the molecule is CCCCNC(=O)C(c1cccc(C)c1O)N(C)C(=O)C(Cc1ccc(O)cc1)NC(=O)OC(C)(C)C. The number of phenols is 2. The van der Waals surface area contributed by atoms with E-state index < -0.39 is 35.6 Å². The fourth-order valence-corrected chi connectivity index (χ4v) is 3.80. The smallest absolute Gasteiger partial charge is 0.408 e. The van der Waals surface area contributed by atoms with E-state index in [9.17, 15) is 24.6 Å². The molecule has 0 aliphatic heterocycles. The van der Waals surface area contributed by atoms with E-state index in [1.54, 1.807) is 58.0 Å². The lowest BCUT2D eigenvalue weighted by atomic mass is 9.98. The van der Waals surface area contributed by atoms with Crippen LogP contribution in [-0.4, -0.2) is 58.3 Å². The van der Waals surface area contributed by atoms with Gasteiger partial charge in [-0.25, -0.2) is 4.79 Å². The highest BCUT2D eigenvalue weighted by molar-refractivity contribution is 5.92. The molecule has 0 bridgehead atoms. The Morgan fingerprint density at radius 2 is 1.70 bits per heavy atom. The average Bonchev–Trinajstić information content (AvgIpc) is 2.81. The number of nitrogens with zero attached hydrogens (tertiary/aromatic N) is 1. The molecule has 2 atom stereocenters. The zero-order valence-electron chi connectivity index (χ0n) is 22.5. The van der Waals surface area contributed by atoms with Crippen molar-refractivity contribution in [2.75, 3.05) is 13.6 Å². The number of alkyl carbamates (subject to hydrolysis) is 1. The molecule has 202 valence electrons. The lowest BCUT2D eigenvalue weighted by molar-refractivity contribution is -0.140. The third-order valence-electron chi connectivity index (χ3n) is 5.74. The molecular formula is C28H39N3O6. The van der Waals surface area contributed by atoms with Gasteiger partial charge in [-0.05, 0) is 57.4 Å². The van der Waals surface area contributed by atoms with Crippen LogP contribution in [0.4, 0.5) is 4.79 Å². The average molecular weight is 514 g/mol. The Kier molecular flexibility index (Phi) is 10.3. The van der Waals surface area contributed by atoms with Crippen molar-refractivity contribution in [2.24, 2.45) is 0 Å². The van der Waals surface area contributed by atoms with E-state index in [-0.39, 0.29) is 23.5 Å². The Hall–Kier alpha value is -3.75. The second-order valence-electron chi connectivity index (χ2n) is 10.1. The minimum atomic E-state index is -1.13. The number of hydrogen-bond donors (Lipinski definition) is 4. The van der Waals surface area contributed by atoms with E-state index >= 15 is 0 Å². The van der Waals surface area contributed by atoms with Gasteiger partial charge in [0, 0.05) is 25.6 Å². The highest BCUT2D eigenvalue weighted by Gasteiger charge is 2.35. The number of amides is 3. The van der Waals surface area contributed by atoms with E-state index in [1.165, 1.54) is 24.1 Å². The number of nitrogens with one attached hydrogen (secondary N) is 2. The van der Waals surface area contributed by atoms with Crippen LogP contribution < -0.4 is 10.6 Å². The molecule has 2 aromatic rings.